The highest BCUT2D eigenvalue weighted by molar-refractivity contribution is 7.99. The summed E-state index contributed by atoms with van der Waals surface area (Å²) in [6, 6.07) is 16.3. The molecule has 0 spiro atoms. The van der Waals surface area contributed by atoms with Crippen molar-refractivity contribution < 1.29 is 4.79 Å². The molecule has 0 aliphatic heterocycles. The highest BCUT2D eigenvalue weighted by Gasteiger charge is 2.31. The van der Waals surface area contributed by atoms with E-state index < -0.39 is 5.92 Å². The molecule has 1 unspecified atom stereocenters. The van der Waals surface area contributed by atoms with Crippen molar-refractivity contribution in [3.8, 4) is 28.0 Å². The highest BCUT2D eigenvalue weighted by Crippen LogP contribution is 2.42. The van der Waals surface area contributed by atoms with Crippen molar-refractivity contribution in [1.82, 2.24) is 19.7 Å². The number of benzene rings is 1. The van der Waals surface area contributed by atoms with Gasteiger partial charge in [0, 0.05) is 17.0 Å². The number of Topliss-reactive ketones (excluding diaryl/α,β-unsaturated/α-hetero) is 1. The zero-order valence-electron chi connectivity index (χ0n) is 16.3. The molecule has 3 aromatic heterocycles. The number of nitrogens with zero attached hydrogens (tertiary/aromatic N) is 5. The molecule has 0 bridgehead atoms. The lowest BCUT2D eigenvalue weighted by Gasteiger charge is -2.08. The summed E-state index contributed by atoms with van der Waals surface area (Å²) in [4.78, 5) is 18.5. The fraction of sp³-hybridized carbons (Fsp3) is 0.227. The van der Waals surface area contributed by atoms with Crippen molar-refractivity contribution in [3.63, 3.8) is 0 Å². The smallest absolute Gasteiger partial charge is 0.192 e. The van der Waals surface area contributed by atoms with Gasteiger partial charge in [-0.25, -0.2) is 4.98 Å². The Bertz CT molecular complexity index is 1240. The van der Waals surface area contributed by atoms with Crippen molar-refractivity contribution >= 4 is 40.2 Å². The summed E-state index contributed by atoms with van der Waals surface area (Å²) >= 11 is 4.34. The monoisotopic (exact) mass is 463 g/mol. The Kier molecular flexibility index (Phi) is 5.68. The number of carbonyl (C=O) groups is 1. The highest BCUT2D eigenvalue weighted by atomic mass is 32.2. The van der Waals surface area contributed by atoms with Crippen LogP contribution in [0.15, 0.2) is 58.4 Å². The summed E-state index contributed by atoms with van der Waals surface area (Å²) in [6.45, 7) is 0. The molecular formula is C22H17N5OS3. The third kappa shape index (κ3) is 4.19. The first-order chi connectivity index (χ1) is 15.2. The molecule has 1 fully saturated rings. The molecule has 0 amide bonds. The van der Waals surface area contributed by atoms with Crippen LogP contribution in [0.4, 0.5) is 0 Å². The third-order valence-electron chi connectivity index (χ3n) is 4.95. The van der Waals surface area contributed by atoms with Crippen molar-refractivity contribution in [1.29, 1.82) is 5.26 Å². The molecule has 5 rings (SSSR count). The Labute approximate surface area is 191 Å². The Hall–Kier alpha value is -2.80. The molecule has 1 aliphatic carbocycles. The van der Waals surface area contributed by atoms with Gasteiger partial charge in [0.15, 0.2) is 22.7 Å². The van der Waals surface area contributed by atoms with E-state index in [-0.39, 0.29) is 11.5 Å². The zero-order chi connectivity index (χ0) is 21.2. The van der Waals surface area contributed by atoms with E-state index in [2.05, 4.69) is 25.8 Å². The Balaban J connectivity index is 1.31. The van der Waals surface area contributed by atoms with Crippen LogP contribution in [0.25, 0.3) is 22.0 Å². The molecule has 0 radical (unpaired) electrons. The first-order valence-corrected chi connectivity index (χ1v) is 12.5. The molecule has 1 aromatic carbocycles. The minimum atomic E-state index is -0.871. The fourth-order valence-corrected chi connectivity index (χ4v) is 5.77. The second kappa shape index (κ2) is 8.75. The molecule has 1 atom stereocenters. The minimum absolute atomic E-state index is 0.160. The number of thiophene rings is 1. The molecule has 0 saturated heterocycles. The predicted molar refractivity (Wildman–Crippen MR) is 123 cm³/mol. The predicted octanol–water partition coefficient (Wildman–Crippen LogP) is 5.43. The molecule has 1 saturated carbocycles. The normalized spacial score (nSPS) is 14.3. The summed E-state index contributed by atoms with van der Waals surface area (Å²) in [5.41, 5.74) is 1.76. The lowest BCUT2D eigenvalue weighted by molar-refractivity contribution is -0.116. The van der Waals surface area contributed by atoms with Gasteiger partial charge in [-0.1, -0.05) is 48.2 Å². The van der Waals surface area contributed by atoms with Crippen molar-refractivity contribution in [2.45, 2.75) is 30.0 Å². The van der Waals surface area contributed by atoms with Crippen molar-refractivity contribution in [2.75, 3.05) is 5.75 Å². The number of thioether (sulfide) groups is 1. The van der Waals surface area contributed by atoms with Gasteiger partial charge in [0.05, 0.1) is 22.4 Å². The summed E-state index contributed by atoms with van der Waals surface area (Å²) in [7, 11) is 0. The van der Waals surface area contributed by atoms with E-state index in [1.165, 1.54) is 23.1 Å². The molecule has 31 heavy (non-hydrogen) atoms. The van der Waals surface area contributed by atoms with Gasteiger partial charge in [0.25, 0.3) is 0 Å². The number of carbonyl (C=O) groups excluding carboxylic acids is 1. The molecule has 154 valence electrons. The Morgan fingerprint density at radius 3 is 2.74 bits per heavy atom. The summed E-state index contributed by atoms with van der Waals surface area (Å²) in [5.74, 6) is -0.0152. The summed E-state index contributed by atoms with van der Waals surface area (Å²) in [6.07, 6.45) is 2.19. The molecule has 3 heterocycles. The number of nitriles is 1. The standard InChI is InChI=1S/C22H17N5OS3/c23-11-16(21-24-17(12-30-21)14-5-2-1-3-6-14)18(28)13-31-22-26-25-20(19-7-4-10-29-19)27(22)15-8-9-15/h1-7,10,12,15-16H,8-9,13H2. The maximum atomic E-state index is 12.9. The third-order valence-corrected chi connectivity index (χ3v) is 7.69. The van der Waals surface area contributed by atoms with E-state index in [9.17, 15) is 10.1 Å². The van der Waals surface area contributed by atoms with Gasteiger partial charge in [-0.3, -0.25) is 9.36 Å². The first-order valence-electron chi connectivity index (χ1n) is 9.79. The number of aromatic nitrogens is 4. The average Bonchev–Trinajstić information content (AvgIpc) is 3.20. The second-order valence-corrected chi connectivity index (χ2v) is 9.92. The van der Waals surface area contributed by atoms with Crippen molar-refractivity contribution in [2.24, 2.45) is 0 Å². The average molecular weight is 464 g/mol. The summed E-state index contributed by atoms with van der Waals surface area (Å²) in [5, 5.41) is 23.6. The minimum Gasteiger partial charge on any atom is -0.298 e. The van der Waals surface area contributed by atoms with E-state index in [0.717, 1.165) is 40.0 Å². The molecule has 1 aliphatic rings. The van der Waals surface area contributed by atoms with Gasteiger partial charge in [-0.15, -0.1) is 32.9 Å². The number of ketones is 1. The van der Waals surface area contributed by atoms with E-state index >= 15 is 0 Å². The van der Waals surface area contributed by atoms with Crippen LogP contribution in [0.1, 0.15) is 29.8 Å². The topological polar surface area (TPSA) is 84.5 Å². The van der Waals surface area contributed by atoms with Crippen LogP contribution in [-0.2, 0) is 4.79 Å². The largest absolute Gasteiger partial charge is 0.298 e. The van der Waals surface area contributed by atoms with E-state index in [4.69, 9.17) is 0 Å². The second-order valence-electron chi connectivity index (χ2n) is 7.14. The van der Waals surface area contributed by atoms with Gasteiger partial charge in [-0.2, -0.15) is 5.26 Å². The van der Waals surface area contributed by atoms with Crippen LogP contribution in [0.2, 0.25) is 0 Å². The SMILES string of the molecule is N#CC(C(=O)CSc1nnc(-c2cccs2)n1C1CC1)c1nc(-c2ccccc2)cs1. The maximum Gasteiger partial charge on any atom is 0.192 e. The lowest BCUT2D eigenvalue weighted by Crippen LogP contribution is -2.13. The zero-order valence-corrected chi connectivity index (χ0v) is 18.8. The number of hydrogen-bond acceptors (Lipinski definition) is 8. The summed E-state index contributed by atoms with van der Waals surface area (Å²) < 4.78 is 2.14. The Morgan fingerprint density at radius 1 is 1.19 bits per heavy atom. The van der Waals surface area contributed by atoms with Crippen LogP contribution in [0.3, 0.4) is 0 Å². The fourth-order valence-electron chi connectivity index (χ4n) is 3.26. The van der Waals surface area contributed by atoms with Gasteiger partial charge in [-0.05, 0) is 24.3 Å². The molecule has 4 aromatic rings. The molecule has 6 nitrogen and oxygen atoms in total. The van der Waals surface area contributed by atoms with Crippen LogP contribution in [0.5, 0.6) is 0 Å². The molecule has 0 N–H and O–H groups in total. The van der Waals surface area contributed by atoms with Crippen LogP contribution < -0.4 is 0 Å². The van der Waals surface area contributed by atoms with Gasteiger partial charge in [0.1, 0.15) is 5.01 Å². The molecular weight excluding hydrogens is 446 g/mol. The van der Waals surface area contributed by atoms with E-state index in [1.807, 2.05) is 53.2 Å². The van der Waals surface area contributed by atoms with Gasteiger partial charge in [0.2, 0.25) is 0 Å². The van der Waals surface area contributed by atoms with E-state index in [1.54, 1.807) is 11.3 Å². The first kappa shape index (κ1) is 20.1. The number of rotatable bonds is 8. The van der Waals surface area contributed by atoms with Crippen LogP contribution >= 0.6 is 34.4 Å². The van der Waals surface area contributed by atoms with Crippen LogP contribution in [-0.4, -0.2) is 31.3 Å². The number of thiazole rings is 1. The van der Waals surface area contributed by atoms with Crippen molar-refractivity contribution in [3.05, 3.63) is 58.2 Å². The van der Waals surface area contributed by atoms with Gasteiger partial charge < -0.3 is 0 Å². The maximum absolute atomic E-state index is 12.9. The number of hydrogen-bond donors (Lipinski definition) is 0. The quantitative estimate of drug-likeness (QED) is 0.324. The molecule has 9 heteroatoms. The van der Waals surface area contributed by atoms with E-state index in [0.29, 0.717) is 11.0 Å². The lowest BCUT2D eigenvalue weighted by atomic mass is 10.1. The Morgan fingerprint density at radius 2 is 2.03 bits per heavy atom. The van der Waals surface area contributed by atoms with Gasteiger partial charge >= 0.3 is 0 Å². The van der Waals surface area contributed by atoms with Crippen LogP contribution in [0, 0.1) is 11.3 Å².